The van der Waals surface area contributed by atoms with Crippen molar-refractivity contribution in [2.75, 3.05) is 19.6 Å². The number of carbonyl (C=O) groups is 1. The quantitative estimate of drug-likeness (QED) is 0.550. The first-order chi connectivity index (χ1) is 8.77. The van der Waals surface area contributed by atoms with E-state index in [0.29, 0.717) is 6.54 Å². The molecule has 0 fully saturated rings. The van der Waals surface area contributed by atoms with E-state index >= 15 is 0 Å². The maximum Gasteiger partial charge on any atom is 0.410 e. The molecule has 1 amide bonds. The predicted molar refractivity (Wildman–Crippen MR) is 69.1 cm³/mol. The molecule has 0 saturated carbocycles. The number of carbonyl (C=O) groups excluding carboxylic acids is 1. The van der Waals surface area contributed by atoms with Crippen LogP contribution < -0.4 is 0 Å². The molecule has 0 aliphatic carbocycles. The third-order valence-electron chi connectivity index (χ3n) is 2.27. The largest absolute Gasteiger partial charge is 0.445 e. The topological polar surface area (TPSA) is 59.0 Å². The third kappa shape index (κ3) is 4.78. The van der Waals surface area contributed by atoms with Crippen molar-refractivity contribution in [3.8, 4) is 0 Å². The van der Waals surface area contributed by atoms with Gasteiger partial charge in [-0.25, -0.2) is 4.79 Å². The molecule has 0 atom stereocenters. The molecular formula is C13H16N2O3. The lowest BCUT2D eigenvalue weighted by Gasteiger charge is -2.19. The van der Waals surface area contributed by atoms with Gasteiger partial charge in [0, 0.05) is 13.1 Å². The van der Waals surface area contributed by atoms with Crippen molar-refractivity contribution in [3.05, 3.63) is 53.5 Å². The highest BCUT2D eigenvalue weighted by Gasteiger charge is 2.13. The second-order valence-electron chi connectivity index (χ2n) is 3.63. The van der Waals surface area contributed by atoms with Crippen LogP contribution in [0.1, 0.15) is 5.56 Å². The van der Waals surface area contributed by atoms with E-state index in [-0.39, 0.29) is 19.7 Å². The zero-order valence-corrected chi connectivity index (χ0v) is 10.1. The van der Waals surface area contributed by atoms with Crippen molar-refractivity contribution in [1.82, 2.24) is 4.90 Å². The molecule has 0 saturated heterocycles. The molecule has 96 valence electrons. The Labute approximate surface area is 106 Å². The van der Waals surface area contributed by atoms with E-state index in [1.165, 1.54) is 4.90 Å². The van der Waals surface area contributed by atoms with Crippen LogP contribution in [0, 0.1) is 4.91 Å². The van der Waals surface area contributed by atoms with Crippen LogP contribution in [0.2, 0.25) is 0 Å². The molecule has 0 N–H and O–H groups in total. The van der Waals surface area contributed by atoms with Gasteiger partial charge in [0.15, 0.2) is 0 Å². The minimum Gasteiger partial charge on any atom is -0.445 e. The molecule has 18 heavy (non-hydrogen) atoms. The number of hydrogen-bond acceptors (Lipinski definition) is 4. The van der Waals surface area contributed by atoms with Gasteiger partial charge in [0.1, 0.15) is 6.61 Å². The molecular weight excluding hydrogens is 232 g/mol. The van der Waals surface area contributed by atoms with Crippen LogP contribution in [0.5, 0.6) is 0 Å². The van der Waals surface area contributed by atoms with Gasteiger partial charge in [-0.05, 0) is 5.56 Å². The van der Waals surface area contributed by atoms with Gasteiger partial charge in [0.05, 0.1) is 6.54 Å². The van der Waals surface area contributed by atoms with Gasteiger partial charge in [0.2, 0.25) is 0 Å². The molecule has 0 spiro atoms. The molecule has 0 aromatic heterocycles. The first-order valence-corrected chi connectivity index (χ1v) is 5.63. The summed E-state index contributed by atoms with van der Waals surface area (Å²) < 4.78 is 5.14. The summed E-state index contributed by atoms with van der Waals surface area (Å²) >= 11 is 0. The van der Waals surface area contributed by atoms with Crippen molar-refractivity contribution in [1.29, 1.82) is 0 Å². The minimum absolute atomic E-state index is 0.0499. The Morgan fingerprint density at radius 2 is 2.11 bits per heavy atom. The maximum atomic E-state index is 11.7. The summed E-state index contributed by atoms with van der Waals surface area (Å²) in [6.45, 7) is 4.39. The van der Waals surface area contributed by atoms with Gasteiger partial charge < -0.3 is 9.64 Å². The standard InChI is InChI=1S/C13H16N2O3/c1-2-9-15(10-8-14-17)13(16)18-11-12-6-4-3-5-7-12/h2-7H,1,8-11H2. The van der Waals surface area contributed by atoms with E-state index in [4.69, 9.17) is 4.74 Å². The summed E-state index contributed by atoms with van der Waals surface area (Å²) in [5.74, 6) is 0. The zero-order chi connectivity index (χ0) is 13.2. The molecule has 5 nitrogen and oxygen atoms in total. The van der Waals surface area contributed by atoms with Gasteiger partial charge in [-0.15, -0.1) is 6.58 Å². The number of nitroso groups, excluding NO2 is 1. The Kier molecular flexibility index (Phi) is 6.17. The van der Waals surface area contributed by atoms with Crippen molar-refractivity contribution < 1.29 is 9.53 Å². The molecule has 0 aliphatic rings. The molecule has 0 bridgehead atoms. The average molecular weight is 248 g/mol. The van der Waals surface area contributed by atoms with Crippen molar-refractivity contribution in [2.45, 2.75) is 6.61 Å². The summed E-state index contributed by atoms with van der Waals surface area (Å²) in [5.41, 5.74) is 0.915. The summed E-state index contributed by atoms with van der Waals surface area (Å²) in [7, 11) is 0. The minimum atomic E-state index is -0.470. The molecule has 5 heteroatoms. The summed E-state index contributed by atoms with van der Waals surface area (Å²) in [6, 6.07) is 9.39. The van der Waals surface area contributed by atoms with Gasteiger partial charge in [-0.1, -0.05) is 41.6 Å². The highest BCUT2D eigenvalue weighted by Crippen LogP contribution is 2.03. The fourth-order valence-corrected chi connectivity index (χ4v) is 1.39. The van der Waals surface area contributed by atoms with E-state index in [2.05, 4.69) is 11.8 Å². The number of ether oxygens (including phenoxy) is 1. The number of benzene rings is 1. The first kappa shape index (κ1) is 13.9. The van der Waals surface area contributed by atoms with Crippen molar-refractivity contribution >= 4 is 6.09 Å². The lowest BCUT2D eigenvalue weighted by Crippen LogP contribution is -2.33. The fourth-order valence-electron chi connectivity index (χ4n) is 1.39. The molecule has 0 heterocycles. The second kappa shape index (κ2) is 8.00. The Morgan fingerprint density at radius 1 is 1.39 bits per heavy atom. The number of rotatable bonds is 7. The predicted octanol–water partition coefficient (Wildman–Crippen LogP) is 2.58. The number of amides is 1. The van der Waals surface area contributed by atoms with E-state index in [1.54, 1.807) is 6.08 Å². The van der Waals surface area contributed by atoms with E-state index in [1.807, 2.05) is 30.3 Å². The molecule has 0 radical (unpaired) electrons. The SMILES string of the molecule is C=CCN(CCN=O)C(=O)OCc1ccccc1. The van der Waals surface area contributed by atoms with Gasteiger partial charge in [-0.2, -0.15) is 4.91 Å². The Hall–Kier alpha value is -2.17. The van der Waals surface area contributed by atoms with E-state index < -0.39 is 6.09 Å². The number of nitrogens with zero attached hydrogens (tertiary/aromatic N) is 2. The first-order valence-electron chi connectivity index (χ1n) is 5.63. The van der Waals surface area contributed by atoms with Gasteiger partial charge in [0.25, 0.3) is 0 Å². The van der Waals surface area contributed by atoms with Gasteiger partial charge in [-0.3, -0.25) is 0 Å². The molecule has 1 aromatic carbocycles. The van der Waals surface area contributed by atoms with Crippen LogP contribution in [0.15, 0.2) is 48.2 Å². The Morgan fingerprint density at radius 3 is 2.72 bits per heavy atom. The molecule has 0 aliphatic heterocycles. The van der Waals surface area contributed by atoms with Crippen LogP contribution in [-0.2, 0) is 11.3 Å². The van der Waals surface area contributed by atoms with Crippen LogP contribution in [0.25, 0.3) is 0 Å². The van der Waals surface area contributed by atoms with Crippen LogP contribution >= 0.6 is 0 Å². The molecule has 1 aromatic rings. The third-order valence-corrected chi connectivity index (χ3v) is 2.27. The van der Waals surface area contributed by atoms with E-state index in [0.717, 1.165) is 5.56 Å². The lowest BCUT2D eigenvalue weighted by atomic mass is 10.2. The molecule has 1 rings (SSSR count). The lowest BCUT2D eigenvalue weighted by molar-refractivity contribution is 0.101. The van der Waals surface area contributed by atoms with Crippen LogP contribution in [0.3, 0.4) is 0 Å². The highest BCUT2D eigenvalue weighted by molar-refractivity contribution is 5.67. The monoisotopic (exact) mass is 248 g/mol. The second-order valence-corrected chi connectivity index (χ2v) is 3.63. The summed E-state index contributed by atoms with van der Waals surface area (Å²) in [4.78, 5) is 23.2. The number of hydrogen-bond donors (Lipinski definition) is 0. The van der Waals surface area contributed by atoms with Crippen LogP contribution in [0.4, 0.5) is 4.79 Å². The van der Waals surface area contributed by atoms with E-state index in [9.17, 15) is 9.70 Å². The smallest absolute Gasteiger partial charge is 0.410 e. The fraction of sp³-hybridized carbons (Fsp3) is 0.308. The van der Waals surface area contributed by atoms with Gasteiger partial charge >= 0.3 is 6.09 Å². The molecule has 0 unspecified atom stereocenters. The Bertz CT molecular complexity index is 392. The Balaban J connectivity index is 2.45. The maximum absolute atomic E-state index is 11.7. The normalized spacial score (nSPS) is 9.56. The highest BCUT2D eigenvalue weighted by atomic mass is 16.6. The van der Waals surface area contributed by atoms with Crippen molar-refractivity contribution in [2.24, 2.45) is 5.18 Å². The zero-order valence-electron chi connectivity index (χ0n) is 10.1. The van der Waals surface area contributed by atoms with Crippen molar-refractivity contribution in [3.63, 3.8) is 0 Å². The summed E-state index contributed by atoms with van der Waals surface area (Å²) in [6.07, 6.45) is 1.11. The average Bonchev–Trinajstić information content (AvgIpc) is 2.42. The summed E-state index contributed by atoms with van der Waals surface area (Å²) in [5, 5.41) is 2.72. The van der Waals surface area contributed by atoms with Crippen LogP contribution in [-0.4, -0.2) is 30.6 Å².